The second-order valence-corrected chi connectivity index (χ2v) is 8.81. The molecule has 0 aliphatic heterocycles. The third kappa shape index (κ3) is 5.59. The molecule has 2 rings (SSSR count). The van der Waals surface area contributed by atoms with Crippen LogP contribution in [-0.2, 0) is 14.8 Å². The van der Waals surface area contributed by atoms with Gasteiger partial charge in [-0.25, -0.2) is 13.8 Å². The number of ether oxygens (including phenoxy) is 1. The fraction of sp³-hybridized carbons (Fsp3) is 0.176. The minimum atomic E-state index is -3.93. The molecule has 0 aliphatic carbocycles. The molecule has 0 saturated carbocycles. The first-order valence-corrected chi connectivity index (χ1v) is 10.3. The molecular formula is C17H16Cl3N3O4S. The molecule has 1 N–H and O–H groups in total. The monoisotopic (exact) mass is 463 g/mol. The van der Waals surface area contributed by atoms with Crippen molar-refractivity contribution in [1.82, 2.24) is 9.73 Å². The number of carbonyl (C=O) groups excluding carboxylic acids is 1. The molecular weight excluding hydrogens is 449 g/mol. The van der Waals surface area contributed by atoms with Gasteiger partial charge in [0.1, 0.15) is 5.75 Å². The fourth-order valence-corrected chi connectivity index (χ4v) is 4.02. The average molecular weight is 465 g/mol. The number of nitrogens with one attached hydrogen (secondary N) is 1. The zero-order valence-electron chi connectivity index (χ0n) is 14.8. The van der Waals surface area contributed by atoms with Crippen molar-refractivity contribution in [1.29, 1.82) is 0 Å². The van der Waals surface area contributed by atoms with Gasteiger partial charge in [-0.15, -0.1) is 0 Å². The summed E-state index contributed by atoms with van der Waals surface area (Å²) in [6, 6.07) is 8.82. The Hall–Kier alpha value is -1.84. The minimum Gasteiger partial charge on any atom is -0.495 e. The number of likely N-dealkylation sites (N-methyl/N-ethyl adjacent to an activating group) is 1. The van der Waals surface area contributed by atoms with E-state index in [0.717, 1.165) is 4.31 Å². The van der Waals surface area contributed by atoms with Crippen LogP contribution >= 0.6 is 34.8 Å². The molecule has 0 radical (unpaired) electrons. The highest BCUT2D eigenvalue weighted by atomic mass is 35.5. The van der Waals surface area contributed by atoms with Crippen LogP contribution in [0, 0.1) is 0 Å². The lowest BCUT2D eigenvalue weighted by molar-refractivity contribution is -0.121. The summed E-state index contributed by atoms with van der Waals surface area (Å²) in [5.74, 6) is -0.289. The fourth-order valence-electron chi connectivity index (χ4n) is 2.09. The molecule has 7 nitrogen and oxygen atoms in total. The second kappa shape index (κ2) is 9.58. The first kappa shape index (κ1) is 22.4. The lowest BCUT2D eigenvalue weighted by Crippen LogP contribution is -2.36. The van der Waals surface area contributed by atoms with Gasteiger partial charge in [-0.1, -0.05) is 40.9 Å². The molecule has 0 aromatic heterocycles. The van der Waals surface area contributed by atoms with Crippen LogP contribution in [0.25, 0.3) is 0 Å². The number of benzene rings is 2. The highest BCUT2D eigenvalue weighted by Gasteiger charge is 2.23. The molecule has 0 heterocycles. The Balaban J connectivity index is 2.02. The number of sulfonamides is 1. The number of amides is 1. The van der Waals surface area contributed by atoms with E-state index >= 15 is 0 Å². The van der Waals surface area contributed by atoms with Gasteiger partial charge in [0.25, 0.3) is 5.91 Å². The summed E-state index contributed by atoms with van der Waals surface area (Å²) in [5.41, 5.74) is 2.79. The van der Waals surface area contributed by atoms with Gasteiger partial charge in [0, 0.05) is 17.6 Å². The number of methoxy groups -OCH3 is 1. The summed E-state index contributed by atoms with van der Waals surface area (Å²) in [6.07, 6.45) is 1.33. The second-order valence-electron chi connectivity index (χ2n) is 5.52. The number of hydrazone groups is 1. The van der Waals surface area contributed by atoms with Gasteiger partial charge in [-0.05, 0) is 30.3 Å². The van der Waals surface area contributed by atoms with Crippen LogP contribution in [0.4, 0.5) is 0 Å². The minimum absolute atomic E-state index is 0.0648. The van der Waals surface area contributed by atoms with Gasteiger partial charge in [-0.2, -0.15) is 9.41 Å². The molecule has 0 saturated heterocycles. The van der Waals surface area contributed by atoms with Crippen molar-refractivity contribution >= 4 is 56.9 Å². The highest BCUT2D eigenvalue weighted by molar-refractivity contribution is 7.89. The maximum absolute atomic E-state index is 12.6. The summed E-state index contributed by atoms with van der Waals surface area (Å²) in [7, 11) is -1.23. The summed E-state index contributed by atoms with van der Waals surface area (Å²) < 4.78 is 31.0. The van der Waals surface area contributed by atoms with E-state index < -0.39 is 22.5 Å². The zero-order chi connectivity index (χ0) is 20.9. The number of carbonyl (C=O) groups is 1. The predicted octanol–water partition coefficient (Wildman–Crippen LogP) is 3.43. The van der Waals surface area contributed by atoms with E-state index in [-0.39, 0.29) is 9.92 Å². The Kier molecular flexibility index (Phi) is 7.68. The highest BCUT2D eigenvalue weighted by Crippen LogP contribution is 2.28. The number of halogens is 3. The Bertz CT molecular complexity index is 1010. The third-order valence-electron chi connectivity index (χ3n) is 3.55. The standard InChI is InChI=1S/C17H16Cl3N3O4S/c1-23(28(25,26)13-5-6-16(27-2)15(20)8-13)10-17(24)22-21-9-11-3-4-12(18)7-14(11)19/h3-9H,10H2,1-2H3,(H,22,24)/b21-9+. The van der Waals surface area contributed by atoms with Crippen LogP contribution < -0.4 is 10.2 Å². The zero-order valence-corrected chi connectivity index (χ0v) is 17.9. The number of rotatable bonds is 7. The molecule has 0 unspecified atom stereocenters. The number of hydrogen-bond donors (Lipinski definition) is 1. The quantitative estimate of drug-likeness (QED) is 0.502. The van der Waals surface area contributed by atoms with E-state index in [1.54, 1.807) is 12.1 Å². The Morgan fingerprint density at radius 2 is 1.89 bits per heavy atom. The smallest absolute Gasteiger partial charge is 0.255 e. The van der Waals surface area contributed by atoms with Crippen molar-refractivity contribution in [2.45, 2.75) is 4.90 Å². The van der Waals surface area contributed by atoms with Crippen LogP contribution in [0.5, 0.6) is 5.75 Å². The van der Waals surface area contributed by atoms with E-state index in [2.05, 4.69) is 10.5 Å². The van der Waals surface area contributed by atoms with E-state index in [4.69, 9.17) is 39.5 Å². The lowest BCUT2D eigenvalue weighted by Gasteiger charge is -2.16. The van der Waals surface area contributed by atoms with Crippen molar-refractivity contribution in [3.8, 4) is 5.75 Å². The molecule has 0 aliphatic rings. The molecule has 0 fully saturated rings. The van der Waals surface area contributed by atoms with E-state index in [1.165, 1.54) is 44.6 Å². The molecule has 11 heteroatoms. The first-order chi connectivity index (χ1) is 13.1. The van der Waals surface area contributed by atoms with Gasteiger partial charge in [0.05, 0.1) is 34.8 Å². The van der Waals surface area contributed by atoms with Gasteiger partial charge < -0.3 is 4.74 Å². The molecule has 2 aromatic carbocycles. The molecule has 0 bridgehead atoms. The van der Waals surface area contributed by atoms with Gasteiger partial charge in [0.2, 0.25) is 10.0 Å². The molecule has 1 amide bonds. The maximum Gasteiger partial charge on any atom is 0.255 e. The van der Waals surface area contributed by atoms with Gasteiger partial charge >= 0.3 is 0 Å². The van der Waals surface area contributed by atoms with E-state index in [1.807, 2.05) is 0 Å². The summed E-state index contributed by atoms with van der Waals surface area (Å²) in [4.78, 5) is 11.9. The van der Waals surface area contributed by atoms with E-state index in [0.29, 0.717) is 21.4 Å². The molecule has 2 aromatic rings. The average Bonchev–Trinajstić information content (AvgIpc) is 2.63. The number of nitrogens with zero attached hydrogens (tertiary/aromatic N) is 2. The largest absolute Gasteiger partial charge is 0.495 e. The Morgan fingerprint density at radius 3 is 2.50 bits per heavy atom. The maximum atomic E-state index is 12.6. The summed E-state index contributed by atoms with van der Waals surface area (Å²) in [5, 5.41) is 4.74. The lowest BCUT2D eigenvalue weighted by atomic mass is 10.2. The van der Waals surface area contributed by atoms with Crippen molar-refractivity contribution in [2.24, 2.45) is 5.10 Å². The Morgan fingerprint density at radius 1 is 1.18 bits per heavy atom. The SMILES string of the molecule is COc1ccc(S(=O)(=O)N(C)CC(=O)N/N=C/c2ccc(Cl)cc2Cl)cc1Cl. The molecule has 0 spiro atoms. The summed E-state index contributed by atoms with van der Waals surface area (Å²) in [6.45, 7) is -0.447. The molecule has 0 atom stereocenters. The van der Waals surface area contributed by atoms with Crippen LogP contribution in [0.15, 0.2) is 46.4 Å². The van der Waals surface area contributed by atoms with Gasteiger partial charge in [0.15, 0.2) is 0 Å². The summed E-state index contributed by atoms with van der Waals surface area (Å²) >= 11 is 17.8. The van der Waals surface area contributed by atoms with Crippen LogP contribution in [0.2, 0.25) is 15.1 Å². The first-order valence-electron chi connectivity index (χ1n) is 7.72. The van der Waals surface area contributed by atoms with Gasteiger partial charge in [-0.3, -0.25) is 4.79 Å². The molecule has 150 valence electrons. The van der Waals surface area contributed by atoms with Crippen LogP contribution in [0.3, 0.4) is 0 Å². The van der Waals surface area contributed by atoms with Crippen molar-refractivity contribution in [3.05, 3.63) is 57.0 Å². The third-order valence-corrected chi connectivity index (χ3v) is 6.21. The van der Waals surface area contributed by atoms with Crippen LogP contribution in [-0.4, -0.2) is 45.5 Å². The van der Waals surface area contributed by atoms with Crippen molar-refractivity contribution in [3.63, 3.8) is 0 Å². The van der Waals surface area contributed by atoms with Crippen molar-refractivity contribution in [2.75, 3.05) is 20.7 Å². The number of hydrogen-bond acceptors (Lipinski definition) is 5. The Labute approximate surface area is 177 Å². The van der Waals surface area contributed by atoms with Crippen LogP contribution in [0.1, 0.15) is 5.56 Å². The normalized spacial score (nSPS) is 11.8. The van der Waals surface area contributed by atoms with Crippen molar-refractivity contribution < 1.29 is 17.9 Å². The molecule has 28 heavy (non-hydrogen) atoms. The van der Waals surface area contributed by atoms with E-state index in [9.17, 15) is 13.2 Å². The topological polar surface area (TPSA) is 88.1 Å². The predicted molar refractivity (Wildman–Crippen MR) is 110 cm³/mol.